The number of carbonyl (C=O) groups is 1. The highest BCUT2D eigenvalue weighted by atomic mass is 16.3. The van der Waals surface area contributed by atoms with Gasteiger partial charge in [-0.3, -0.25) is 0 Å². The monoisotopic (exact) mass is 212 g/mol. The zero-order chi connectivity index (χ0) is 11.7. The minimum absolute atomic E-state index is 0.134. The Kier molecular flexibility index (Phi) is 8.30. The first-order valence-corrected chi connectivity index (χ1v) is 5.91. The summed E-state index contributed by atoms with van der Waals surface area (Å²) in [5.74, 6) is 0. The quantitative estimate of drug-likeness (QED) is 0.573. The van der Waals surface area contributed by atoms with Gasteiger partial charge in [-0.15, -0.1) is 0 Å². The van der Waals surface area contributed by atoms with Crippen molar-refractivity contribution in [3.8, 4) is 0 Å². The summed E-state index contributed by atoms with van der Waals surface area (Å²) in [6.07, 6.45) is 8.38. The molecule has 0 radical (unpaired) electrons. The number of hydrogen-bond donors (Lipinski definition) is 1. The summed E-state index contributed by atoms with van der Waals surface area (Å²) in [4.78, 5) is 8.00. The van der Waals surface area contributed by atoms with Crippen LogP contribution in [0.2, 0.25) is 0 Å². The van der Waals surface area contributed by atoms with Gasteiger partial charge in [-0.25, -0.2) is 0 Å². The predicted octanol–water partition coefficient (Wildman–Crippen LogP) is 3.24. The Morgan fingerprint density at radius 1 is 1.40 bits per heavy atom. The Hall–Kier alpha value is -0.630. The number of aliphatic hydroxyl groups excluding tert-OH is 1. The normalized spacial score (nSPS) is 20.9. The fraction of sp³-hybridized carbons (Fsp3) is 0.769. The van der Waals surface area contributed by atoms with Crippen LogP contribution < -0.4 is 0 Å². The summed E-state index contributed by atoms with van der Waals surface area (Å²) in [7, 11) is 0. The third-order valence-corrected chi connectivity index (χ3v) is 3.10. The van der Waals surface area contributed by atoms with Gasteiger partial charge in [0.05, 0.1) is 6.10 Å². The molecule has 0 heterocycles. The van der Waals surface area contributed by atoms with E-state index < -0.39 is 0 Å². The molecular formula is C13H24O2. The molecule has 0 aromatic rings. The Morgan fingerprint density at radius 3 is 2.67 bits per heavy atom. The van der Waals surface area contributed by atoms with Gasteiger partial charge in [-0.05, 0) is 44.6 Å². The molecule has 0 aromatic carbocycles. The van der Waals surface area contributed by atoms with Crippen molar-refractivity contribution in [2.24, 2.45) is 0 Å². The molecule has 0 aliphatic heterocycles. The van der Waals surface area contributed by atoms with Crippen molar-refractivity contribution in [1.82, 2.24) is 0 Å². The van der Waals surface area contributed by atoms with Gasteiger partial charge >= 0.3 is 0 Å². The third kappa shape index (κ3) is 5.12. The van der Waals surface area contributed by atoms with E-state index >= 15 is 0 Å². The van der Waals surface area contributed by atoms with Crippen LogP contribution in [-0.4, -0.2) is 18.0 Å². The zero-order valence-electron chi connectivity index (χ0n) is 10.1. The number of allylic oxidation sites excluding steroid dienone is 1. The van der Waals surface area contributed by atoms with Crippen molar-refractivity contribution in [1.29, 1.82) is 0 Å². The van der Waals surface area contributed by atoms with Crippen LogP contribution in [0.25, 0.3) is 0 Å². The number of aliphatic hydroxyl groups is 1. The molecule has 1 aliphatic carbocycles. The highest BCUT2D eigenvalue weighted by Crippen LogP contribution is 2.28. The van der Waals surface area contributed by atoms with Crippen LogP contribution >= 0.6 is 0 Å². The van der Waals surface area contributed by atoms with E-state index in [2.05, 4.69) is 13.8 Å². The van der Waals surface area contributed by atoms with E-state index in [1.807, 2.05) is 6.79 Å². The largest absolute Gasteiger partial charge is 0.389 e. The number of rotatable bonds is 4. The molecule has 2 nitrogen and oxygen atoms in total. The summed E-state index contributed by atoms with van der Waals surface area (Å²) >= 11 is 0. The zero-order valence-corrected chi connectivity index (χ0v) is 10.1. The lowest BCUT2D eigenvalue weighted by Gasteiger charge is -2.22. The van der Waals surface area contributed by atoms with Crippen molar-refractivity contribution in [3.63, 3.8) is 0 Å². The summed E-state index contributed by atoms with van der Waals surface area (Å²) in [5, 5.41) is 9.65. The second-order valence-corrected chi connectivity index (χ2v) is 4.15. The molecule has 1 rings (SSSR count). The summed E-state index contributed by atoms with van der Waals surface area (Å²) in [6.45, 7) is 6.34. The van der Waals surface area contributed by atoms with E-state index in [4.69, 9.17) is 4.79 Å². The first-order chi connectivity index (χ1) is 7.25. The van der Waals surface area contributed by atoms with Crippen LogP contribution in [0, 0.1) is 0 Å². The van der Waals surface area contributed by atoms with E-state index in [1.54, 1.807) is 0 Å². The van der Waals surface area contributed by atoms with E-state index in [0.717, 1.165) is 6.42 Å². The van der Waals surface area contributed by atoms with Gasteiger partial charge in [0.1, 0.15) is 6.79 Å². The lowest BCUT2D eigenvalue weighted by atomic mass is 9.87. The molecule has 0 aromatic heterocycles. The lowest BCUT2D eigenvalue weighted by Crippen LogP contribution is -2.15. The van der Waals surface area contributed by atoms with Gasteiger partial charge in [0.2, 0.25) is 0 Å². The molecule has 0 fully saturated rings. The second-order valence-electron chi connectivity index (χ2n) is 4.15. The Bertz CT molecular complexity index is 197. The first-order valence-electron chi connectivity index (χ1n) is 5.91. The van der Waals surface area contributed by atoms with Crippen LogP contribution in [0.3, 0.4) is 0 Å². The maximum atomic E-state index is 9.65. The lowest BCUT2D eigenvalue weighted by molar-refractivity contribution is -0.0979. The van der Waals surface area contributed by atoms with E-state index in [-0.39, 0.29) is 6.10 Å². The van der Waals surface area contributed by atoms with E-state index in [1.165, 1.54) is 49.7 Å². The highest BCUT2D eigenvalue weighted by Gasteiger charge is 2.16. The molecule has 0 saturated heterocycles. The summed E-state index contributed by atoms with van der Waals surface area (Å²) < 4.78 is 0. The maximum Gasteiger partial charge on any atom is 0.106 e. The molecule has 2 heteroatoms. The van der Waals surface area contributed by atoms with Crippen molar-refractivity contribution >= 4 is 6.79 Å². The molecule has 0 spiro atoms. The van der Waals surface area contributed by atoms with Crippen molar-refractivity contribution in [3.05, 3.63) is 11.1 Å². The standard InChI is InChI=1S/C12H22O.CH2O/c1-3-4-5-7-11-8-6-9-12(13)10(11)2;1-2/h12-13H,3-9H2,1-2H3;1H2. The molecule has 0 amide bonds. The molecule has 1 N–H and O–H groups in total. The third-order valence-electron chi connectivity index (χ3n) is 3.10. The highest BCUT2D eigenvalue weighted by molar-refractivity contribution is 5.18. The Labute approximate surface area is 93.4 Å². The van der Waals surface area contributed by atoms with Gasteiger partial charge in [-0.2, -0.15) is 0 Å². The first kappa shape index (κ1) is 14.4. The van der Waals surface area contributed by atoms with Crippen LogP contribution in [0.4, 0.5) is 0 Å². The van der Waals surface area contributed by atoms with Crippen LogP contribution in [0.5, 0.6) is 0 Å². The molecule has 0 bridgehead atoms. The van der Waals surface area contributed by atoms with Gasteiger partial charge < -0.3 is 9.90 Å². The number of hydrogen-bond acceptors (Lipinski definition) is 2. The number of unbranched alkanes of at least 4 members (excludes halogenated alkanes) is 2. The fourth-order valence-electron chi connectivity index (χ4n) is 2.07. The smallest absolute Gasteiger partial charge is 0.106 e. The topological polar surface area (TPSA) is 37.3 Å². The SMILES string of the molecule is C=O.CCCCCC1=C(C)C(O)CCC1. The second kappa shape index (κ2) is 8.66. The van der Waals surface area contributed by atoms with Crippen molar-refractivity contribution < 1.29 is 9.90 Å². The average molecular weight is 212 g/mol. The van der Waals surface area contributed by atoms with Gasteiger partial charge in [0.15, 0.2) is 0 Å². The maximum absolute atomic E-state index is 9.65. The van der Waals surface area contributed by atoms with Crippen LogP contribution in [0.1, 0.15) is 58.8 Å². The van der Waals surface area contributed by atoms with Gasteiger partial charge in [0.25, 0.3) is 0 Å². The fourth-order valence-corrected chi connectivity index (χ4v) is 2.07. The van der Waals surface area contributed by atoms with Gasteiger partial charge in [0, 0.05) is 0 Å². The predicted molar refractivity (Wildman–Crippen MR) is 63.8 cm³/mol. The minimum Gasteiger partial charge on any atom is -0.389 e. The molecule has 1 aliphatic rings. The van der Waals surface area contributed by atoms with Crippen LogP contribution in [0.15, 0.2) is 11.1 Å². The van der Waals surface area contributed by atoms with E-state index in [0.29, 0.717) is 0 Å². The summed E-state index contributed by atoms with van der Waals surface area (Å²) in [5.41, 5.74) is 2.80. The summed E-state index contributed by atoms with van der Waals surface area (Å²) in [6, 6.07) is 0. The molecule has 0 saturated carbocycles. The molecular weight excluding hydrogens is 188 g/mol. The van der Waals surface area contributed by atoms with Crippen molar-refractivity contribution in [2.75, 3.05) is 0 Å². The molecule has 88 valence electrons. The Balaban J connectivity index is 0.000000921. The van der Waals surface area contributed by atoms with Crippen LogP contribution in [-0.2, 0) is 4.79 Å². The van der Waals surface area contributed by atoms with Crippen molar-refractivity contribution in [2.45, 2.75) is 64.9 Å². The van der Waals surface area contributed by atoms with E-state index in [9.17, 15) is 5.11 Å². The average Bonchev–Trinajstić information content (AvgIpc) is 2.27. The number of carbonyl (C=O) groups excluding carboxylic acids is 1. The Morgan fingerprint density at radius 2 is 2.07 bits per heavy atom. The molecule has 1 atom stereocenters. The van der Waals surface area contributed by atoms with Gasteiger partial charge in [-0.1, -0.05) is 25.3 Å². The molecule has 15 heavy (non-hydrogen) atoms. The molecule has 1 unspecified atom stereocenters. The minimum atomic E-state index is -0.134.